The minimum atomic E-state index is -0.540. The number of ketones is 3. The summed E-state index contributed by atoms with van der Waals surface area (Å²) < 4.78 is 37.0. The number of hydrogen-bond acceptors (Lipinski definition) is 18. The van der Waals surface area contributed by atoms with E-state index in [0.29, 0.717) is 72.5 Å². The van der Waals surface area contributed by atoms with Gasteiger partial charge < -0.3 is 45.6 Å². The average Bonchev–Trinajstić information content (AvgIpc) is 1.48. The number of allylic oxidation sites excluding steroid dienone is 10. The maximum atomic E-state index is 12.8. The molecule has 3 aromatic heterocycles. The van der Waals surface area contributed by atoms with E-state index in [9.17, 15) is 43.2 Å². The lowest BCUT2D eigenvalue weighted by Gasteiger charge is -2.48. The van der Waals surface area contributed by atoms with Crippen LogP contribution in [-0.2, 0) is 71.6 Å². The second kappa shape index (κ2) is 26.1. The zero-order chi connectivity index (χ0) is 70.4. The summed E-state index contributed by atoms with van der Waals surface area (Å²) in [5, 5.41) is 2.18. The summed E-state index contributed by atoms with van der Waals surface area (Å²) in [6.45, 7) is 11.0. The summed E-state index contributed by atoms with van der Waals surface area (Å²) in [4.78, 5) is 122. The van der Waals surface area contributed by atoms with E-state index in [0.717, 1.165) is 69.9 Å². The number of amides is 3. The summed E-state index contributed by atoms with van der Waals surface area (Å²) in [6.07, 6.45) is 26.2. The van der Waals surface area contributed by atoms with E-state index in [1.807, 2.05) is 73.2 Å². The minimum absolute atomic E-state index is 0.0100. The number of pyridine rings is 3. The molecule has 6 N–H and O–H groups in total. The second-order valence-electron chi connectivity index (χ2n) is 30.2. The van der Waals surface area contributed by atoms with E-state index in [1.165, 1.54) is 20.8 Å². The number of hydrogen-bond donors (Lipinski definition) is 3. The predicted octanol–water partition coefficient (Wildman–Crippen LogP) is 9.81. The maximum absolute atomic E-state index is 12.8. The number of aromatic nitrogens is 3. The zero-order valence-electron chi connectivity index (χ0n) is 57.0. The third-order valence-electron chi connectivity index (χ3n) is 24.3. The number of carbonyl (C=O) groups excluding carboxylic acids is 9. The lowest BCUT2D eigenvalue weighted by Crippen LogP contribution is -2.44. The Morgan fingerprint density at radius 2 is 0.910 bits per heavy atom. The number of nitrogens with zero attached hydrogens (tertiary/aromatic N) is 3. The molecule has 0 spiro atoms. The van der Waals surface area contributed by atoms with Gasteiger partial charge in [-0.25, -0.2) is 0 Å². The Labute approximate surface area is 579 Å². The normalized spacial score (nSPS) is 34.7. The third-order valence-corrected chi connectivity index (χ3v) is 24.3. The van der Waals surface area contributed by atoms with Gasteiger partial charge in [-0.2, -0.15) is 0 Å². The molecule has 6 unspecified atom stereocenters. The fourth-order valence-electron chi connectivity index (χ4n) is 19.6. The van der Waals surface area contributed by atoms with Crippen molar-refractivity contribution in [3.05, 3.63) is 183 Å². The summed E-state index contributed by atoms with van der Waals surface area (Å²) >= 11 is 0. The Bertz CT molecular complexity index is 4360. The first-order chi connectivity index (χ1) is 47.8. The molecule has 1 aromatic carbocycles. The molecule has 9 aliphatic carbocycles. The molecule has 0 saturated heterocycles. The summed E-state index contributed by atoms with van der Waals surface area (Å²) in [5.74, 6) is -2.29. The predicted molar refractivity (Wildman–Crippen MR) is 362 cm³/mol. The van der Waals surface area contributed by atoms with Crippen LogP contribution in [0.15, 0.2) is 167 Å². The van der Waals surface area contributed by atoms with Crippen molar-refractivity contribution in [2.24, 2.45) is 69.0 Å². The molecule has 6 heterocycles. The van der Waals surface area contributed by atoms with Gasteiger partial charge in [-0.3, -0.25) is 58.1 Å². The van der Waals surface area contributed by atoms with Gasteiger partial charge in [0.1, 0.15) is 53.9 Å². The number of esters is 3. The van der Waals surface area contributed by atoms with Crippen molar-refractivity contribution < 1.29 is 71.6 Å². The Hall–Kier alpha value is -9.66. The van der Waals surface area contributed by atoms with Crippen molar-refractivity contribution >= 4 is 63.8 Å². The first-order valence-corrected chi connectivity index (χ1v) is 34.9. The summed E-state index contributed by atoms with van der Waals surface area (Å²) in [5.41, 5.74) is 24.0. The van der Waals surface area contributed by atoms with Crippen molar-refractivity contribution in [2.45, 2.75) is 179 Å². The molecule has 21 nitrogen and oxygen atoms in total. The van der Waals surface area contributed by atoms with Crippen molar-refractivity contribution in [2.75, 3.05) is 0 Å². The molecule has 5 fully saturated rings. The molecule has 520 valence electrons. The van der Waals surface area contributed by atoms with E-state index in [-0.39, 0.29) is 143 Å². The first-order valence-electron chi connectivity index (χ1n) is 34.9. The number of benzene rings is 1. The molecule has 16 rings (SSSR count). The molecule has 3 amide bonds. The van der Waals surface area contributed by atoms with Crippen LogP contribution in [0.3, 0.4) is 0 Å². The van der Waals surface area contributed by atoms with Crippen LogP contribution in [0.25, 0.3) is 10.8 Å². The van der Waals surface area contributed by atoms with E-state index < -0.39 is 35.5 Å². The molecule has 3 aliphatic heterocycles. The Kier molecular flexibility index (Phi) is 17.6. The van der Waals surface area contributed by atoms with Crippen LogP contribution in [0, 0.1) is 51.8 Å². The number of rotatable bonds is 9. The molecular formula is C79H84N6O15. The second-order valence-corrected chi connectivity index (χ2v) is 30.2. The van der Waals surface area contributed by atoms with Gasteiger partial charge in [0, 0.05) is 143 Å². The molecule has 18 atom stereocenters. The van der Waals surface area contributed by atoms with Crippen LogP contribution < -0.4 is 17.2 Å². The first kappa shape index (κ1) is 67.5. The third kappa shape index (κ3) is 12.1. The fraction of sp³-hybridized carbons (Fsp3) is 0.468. The quantitative estimate of drug-likeness (QED) is 0.104. The fourth-order valence-corrected chi connectivity index (χ4v) is 19.6. The highest BCUT2D eigenvalue weighted by Gasteiger charge is 2.63. The van der Waals surface area contributed by atoms with E-state index in [2.05, 4.69) is 60.0 Å². The van der Waals surface area contributed by atoms with Crippen molar-refractivity contribution in [3.8, 4) is 0 Å². The van der Waals surface area contributed by atoms with E-state index >= 15 is 0 Å². The highest BCUT2D eigenvalue weighted by Crippen LogP contribution is 2.66. The van der Waals surface area contributed by atoms with Crippen LogP contribution in [-0.4, -0.2) is 105 Å². The smallest absolute Gasteiger partial charge is 0.302 e. The van der Waals surface area contributed by atoms with Gasteiger partial charge in [-0.1, -0.05) is 63.3 Å². The lowest BCUT2D eigenvalue weighted by molar-refractivity contribution is -0.148. The molecule has 5 saturated carbocycles. The number of nitrogens with two attached hydrogens (primary N) is 3. The number of fused-ring (bicyclic) bond motifs is 10. The minimum Gasteiger partial charge on any atom is -0.489 e. The van der Waals surface area contributed by atoms with Gasteiger partial charge >= 0.3 is 17.9 Å². The monoisotopic (exact) mass is 1360 g/mol. The van der Waals surface area contributed by atoms with Crippen molar-refractivity contribution in [1.29, 1.82) is 0 Å². The van der Waals surface area contributed by atoms with Crippen LogP contribution in [0.2, 0.25) is 0 Å². The van der Waals surface area contributed by atoms with Gasteiger partial charge in [0.2, 0.25) is 17.7 Å². The Morgan fingerprint density at radius 3 is 1.37 bits per heavy atom. The summed E-state index contributed by atoms with van der Waals surface area (Å²) in [7, 11) is 0. The number of primary amides is 3. The van der Waals surface area contributed by atoms with E-state index in [4.69, 9.17) is 45.6 Å². The molecule has 12 aliphatic rings. The van der Waals surface area contributed by atoms with Gasteiger partial charge in [0.25, 0.3) is 0 Å². The maximum Gasteiger partial charge on any atom is 0.302 e. The molecular weight excluding hydrogens is 1270 g/mol. The standard InChI is InChI=1S/C29H30N2O5.C25H28N2O5.C25H26N2O5/c1-15(32)35-25-13-22-27-18(10-21-23(33)11-20(28(30)34)12-24(21)36-27)5-7-29(22,2)26(25)17-3-4-19-14-31-8-6-16(19)9-17;2*1-13(28)31-21-11-18-23-14(5-6-25(18,2)22(21)15-4-3-7-27-12-15)8-17-19(29)9-16(24(26)30)10-20(17)32-23/h3-4,6,8-10,14,20,22,25-27H,5,7,11-13H2,1-2H3,(H2,30,34);3-4,7-8,12,16,18,21-23H,5-6,9-11H2,1-2H3,(H2,26,30);3-8,12,16,18,21-23H,9-11H2,1-2H3,(H2,26,30)/t20?,22-,25?,26-,27+,29-;2*16?,18-,21?,22-,23+,25-/m000/s1. The number of ether oxygens (including phenoxy) is 6. The van der Waals surface area contributed by atoms with Crippen molar-refractivity contribution in [3.63, 3.8) is 0 Å². The van der Waals surface area contributed by atoms with Crippen LogP contribution in [0.5, 0.6) is 0 Å². The van der Waals surface area contributed by atoms with Crippen LogP contribution in [0.1, 0.15) is 159 Å². The number of Topliss-reactive ketones (excluding diaryl/α,β-unsaturated/α-hetero) is 3. The molecule has 21 heteroatoms. The van der Waals surface area contributed by atoms with Crippen LogP contribution >= 0.6 is 0 Å². The lowest BCUT2D eigenvalue weighted by atomic mass is 9.61. The Balaban J connectivity index is 0.000000128. The largest absolute Gasteiger partial charge is 0.489 e. The Morgan fingerprint density at radius 1 is 0.480 bits per heavy atom. The van der Waals surface area contributed by atoms with Crippen molar-refractivity contribution in [1.82, 2.24) is 15.0 Å². The zero-order valence-corrected chi connectivity index (χ0v) is 57.0. The highest BCUT2D eigenvalue weighted by molar-refractivity contribution is 6.04. The highest BCUT2D eigenvalue weighted by atomic mass is 16.6. The average molecular weight is 1360 g/mol. The summed E-state index contributed by atoms with van der Waals surface area (Å²) in [6, 6.07) is 16.3. The number of carbonyl (C=O) groups is 9. The van der Waals surface area contributed by atoms with Gasteiger partial charge in [0.05, 0.1) is 34.5 Å². The van der Waals surface area contributed by atoms with Gasteiger partial charge in [0.15, 0.2) is 17.3 Å². The van der Waals surface area contributed by atoms with E-state index in [1.54, 1.807) is 18.6 Å². The molecule has 0 bridgehead atoms. The topological polar surface area (TPSA) is 326 Å². The van der Waals surface area contributed by atoms with Gasteiger partial charge in [-0.05, 0) is 131 Å². The molecule has 4 aromatic rings. The van der Waals surface area contributed by atoms with Gasteiger partial charge in [-0.15, -0.1) is 0 Å². The molecule has 100 heavy (non-hydrogen) atoms. The molecule has 0 radical (unpaired) electrons. The SMILES string of the molecule is CC(=O)OC1C[C@H]2[C@@H]3OC4=C(C=C3C=C[C@]2(C)[C@H]1c1cccnc1)C(=O)CC(C(N)=O)C4.CC(=O)OC1C[C@H]2[C@@H]3OC4=C(C=C3CC[C@]2(C)[C@H]1c1ccc2cnccc2c1)C(=O)CC(C(N)=O)C4.CC(=O)OC1C[C@H]2[C@@H]3OC4=C(C=C3CC[C@]2(C)[C@H]1c1cccnc1)C(=O)CC(C(N)=O)C4. The van der Waals surface area contributed by atoms with Crippen LogP contribution in [0.4, 0.5) is 0 Å².